The number of pyridine rings is 2. The fraction of sp³-hybridized carbons (Fsp3) is 0.182. The summed E-state index contributed by atoms with van der Waals surface area (Å²) in [5.74, 6) is 0.555. The smallest absolute Gasteiger partial charge is 0.270 e. The predicted octanol–water partition coefficient (Wildman–Crippen LogP) is 7.31. The maximum absolute atomic E-state index is 13.5. The van der Waals surface area contributed by atoms with Gasteiger partial charge < -0.3 is 19.5 Å². The van der Waals surface area contributed by atoms with Gasteiger partial charge in [-0.05, 0) is 60.7 Å². The molecule has 47 heavy (non-hydrogen) atoms. The molecule has 2 aromatic carbocycles. The molecule has 0 saturated carbocycles. The maximum Gasteiger partial charge on any atom is 0.270 e. The molecule has 3 aromatic heterocycles. The van der Waals surface area contributed by atoms with Crippen molar-refractivity contribution >= 4 is 85.6 Å². The average molecular weight is 802 g/mol. The zero-order valence-electron chi connectivity index (χ0n) is 25.0. The molecule has 1 fully saturated rings. The number of aryl methyl sites for hydroxylation is 1. The summed E-state index contributed by atoms with van der Waals surface area (Å²) in [6, 6.07) is 21.2. The third-order valence-corrected chi connectivity index (χ3v) is 8.37. The van der Waals surface area contributed by atoms with E-state index in [9.17, 15) is 9.59 Å². The molecule has 1 N–H and O–H groups in total. The zero-order chi connectivity index (χ0) is 31.5. The van der Waals surface area contributed by atoms with E-state index in [-0.39, 0.29) is 45.8 Å². The lowest BCUT2D eigenvalue weighted by Gasteiger charge is -2.34. The number of nitrogens with zero attached hydrogens (tertiary/aromatic N) is 6. The van der Waals surface area contributed by atoms with Crippen LogP contribution < -0.4 is 10.1 Å². The topological polar surface area (TPSA) is 116 Å². The summed E-state index contributed by atoms with van der Waals surface area (Å²) in [7, 11) is 1.88. The van der Waals surface area contributed by atoms with Crippen molar-refractivity contribution in [2.45, 2.75) is 6.54 Å². The molecule has 0 aliphatic carbocycles. The summed E-state index contributed by atoms with van der Waals surface area (Å²) < 4.78 is 7.87. The molecule has 1 aliphatic rings. The molecule has 6 rings (SSSR count). The Morgan fingerprint density at radius 2 is 1.70 bits per heavy atom. The van der Waals surface area contributed by atoms with Crippen molar-refractivity contribution in [1.29, 1.82) is 5.26 Å². The monoisotopic (exact) mass is 799 g/mol. The van der Waals surface area contributed by atoms with Gasteiger partial charge in [-0.15, -0.1) is 34.0 Å². The van der Waals surface area contributed by atoms with Crippen molar-refractivity contribution < 1.29 is 14.3 Å². The van der Waals surface area contributed by atoms with Crippen LogP contribution in [0.25, 0.3) is 10.9 Å². The highest BCUT2D eigenvalue weighted by atomic mass is 79.9. The summed E-state index contributed by atoms with van der Waals surface area (Å²) in [6.07, 6.45) is 3.09. The minimum absolute atomic E-state index is 0. The fourth-order valence-corrected chi connectivity index (χ4v) is 5.45. The first-order valence-electron chi connectivity index (χ1n) is 14.1. The number of nitrogens with one attached hydrogen (secondary N) is 1. The number of hydrogen-bond donors (Lipinski definition) is 1. The van der Waals surface area contributed by atoms with Gasteiger partial charge in [0.2, 0.25) is 5.88 Å². The molecular formula is C33H29Br2Cl2N7O3. The van der Waals surface area contributed by atoms with Gasteiger partial charge in [0, 0.05) is 68.5 Å². The minimum Gasteiger partial charge on any atom is -0.439 e. The van der Waals surface area contributed by atoms with Crippen LogP contribution in [0.5, 0.6) is 11.6 Å². The highest BCUT2D eigenvalue weighted by molar-refractivity contribution is 8.93. The molecule has 5 aromatic rings. The molecule has 0 bridgehead atoms. The number of hydrogen-bond acceptors (Lipinski definition) is 7. The molecule has 0 unspecified atom stereocenters. The largest absolute Gasteiger partial charge is 0.439 e. The molecule has 1 saturated heterocycles. The van der Waals surface area contributed by atoms with E-state index in [0.717, 1.165) is 29.7 Å². The van der Waals surface area contributed by atoms with Crippen molar-refractivity contribution in [1.82, 2.24) is 24.3 Å². The SMILES string of the molecule is Br.Br.Cn1c(C(=O)N2CCN(Cc3ccc(C#N)cn3)CC2)cc2cc(Oc3ccc(NC(=O)c4ccc(Cl)c(Cl)c4)cn3)ccc21. The number of carbonyl (C=O) groups is 2. The second kappa shape index (κ2) is 15.7. The Kier molecular flexibility index (Phi) is 12.0. The van der Waals surface area contributed by atoms with Crippen molar-refractivity contribution in [3.63, 3.8) is 0 Å². The second-order valence-electron chi connectivity index (χ2n) is 10.6. The summed E-state index contributed by atoms with van der Waals surface area (Å²) >= 11 is 12.0. The number of nitriles is 1. The molecule has 4 heterocycles. The molecule has 242 valence electrons. The van der Waals surface area contributed by atoms with Crippen LogP contribution in [0.4, 0.5) is 5.69 Å². The summed E-state index contributed by atoms with van der Waals surface area (Å²) in [4.78, 5) is 38.8. The molecule has 2 amide bonds. The van der Waals surface area contributed by atoms with E-state index in [1.807, 2.05) is 46.8 Å². The van der Waals surface area contributed by atoms with Crippen LogP contribution in [0.1, 0.15) is 32.1 Å². The number of aromatic nitrogens is 3. The van der Waals surface area contributed by atoms with Gasteiger partial charge in [-0.3, -0.25) is 19.5 Å². The van der Waals surface area contributed by atoms with Gasteiger partial charge in [0.05, 0.1) is 33.2 Å². The van der Waals surface area contributed by atoms with Gasteiger partial charge in [0.25, 0.3) is 11.8 Å². The molecule has 1 aliphatic heterocycles. The summed E-state index contributed by atoms with van der Waals surface area (Å²) in [6.45, 7) is 3.37. The average Bonchev–Trinajstić information content (AvgIpc) is 3.38. The minimum atomic E-state index is -0.341. The normalized spacial score (nSPS) is 12.9. The summed E-state index contributed by atoms with van der Waals surface area (Å²) in [5, 5.41) is 13.3. The van der Waals surface area contributed by atoms with E-state index in [0.29, 0.717) is 63.8 Å². The first kappa shape index (κ1) is 35.9. The molecule has 14 heteroatoms. The van der Waals surface area contributed by atoms with Crippen molar-refractivity contribution in [3.8, 4) is 17.7 Å². The number of ether oxygens (including phenoxy) is 1. The molecule has 0 spiro atoms. The number of anilines is 1. The number of fused-ring (bicyclic) bond motifs is 1. The molecular weight excluding hydrogens is 773 g/mol. The van der Waals surface area contributed by atoms with Crippen LogP contribution in [0.2, 0.25) is 10.0 Å². The van der Waals surface area contributed by atoms with Crippen molar-refractivity contribution in [2.75, 3.05) is 31.5 Å². The van der Waals surface area contributed by atoms with E-state index >= 15 is 0 Å². The van der Waals surface area contributed by atoms with Crippen LogP contribution in [0.3, 0.4) is 0 Å². The Morgan fingerprint density at radius 1 is 0.915 bits per heavy atom. The van der Waals surface area contributed by atoms with E-state index in [1.54, 1.807) is 36.5 Å². The Bertz CT molecular complexity index is 1940. The number of piperazine rings is 1. The third kappa shape index (κ3) is 8.30. The fourth-order valence-electron chi connectivity index (χ4n) is 5.16. The van der Waals surface area contributed by atoms with Gasteiger partial charge in [-0.2, -0.15) is 5.26 Å². The van der Waals surface area contributed by atoms with Gasteiger partial charge in [-0.1, -0.05) is 23.2 Å². The predicted molar refractivity (Wildman–Crippen MR) is 192 cm³/mol. The molecule has 10 nitrogen and oxygen atoms in total. The second-order valence-corrected chi connectivity index (χ2v) is 11.4. The number of carbonyl (C=O) groups excluding carboxylic acids is 2. The lowest BCUT2D eigenvalue weighted by molar-refractivity contribution is 0.0618. The highest BCUT2D eigenvalue weighted by Gasteiger charge is 2.25. The van der Waals surface area contributed by atoms with Crippen LogP contribution in [-0.4, -0.2) is 62.3 Å². The lowest BCUT2D eigenvalue weighted by Crippen LogP contribution is -2.48. The van der Waals surface area contributed by atoms with Gasteiger partial charge in [0.1, 0.15) is 17.5 Å². The zero-order valence-corrected chi connectivity index (χ0v) is 30.0. The standard InChI is InChI=1S/C33H27Cl2N7O3.2BrH/c1-40-29-8-6-26(45-31-9-5-24(19-38-31)39-32(43)22-3-7-27(34)28(35)15-22)14-23(29)16-30(40)33(44)42-12-10-41(11-13-42)20-25-4-2-21(17-36)18-37-25;;/h2-9,14-16,18-19H,10-13,20H2,1H3,(H,39,43);2*1H. The van der Waals surface area contributed by atoms with Crippen LogP contribution in [-0.2, 0) is 13.6 Å². The van der Waals surface area contributed by atoms with E-state index in [1.165, 1.54) is 12.3 Å². The molecule has 0 atom stereocenters. The van der Waals surface area contributed by atoms with Crippen LogP contribution in [0, 0.1) is 11.3 Å². The lowest BCUT2D eigenvalue weighted by atomic mass is 10.2. The van der Waals surface area contributed by atoms with Crippen LogP contribution in [0.15, 0.2) is 79.1 Å². The van der Waals surface area contributed by atoms with Gasteiger partial charge >= 0.3 is 0 Å². The first-order valence-corrected chi connectivity index (χ1v) is 14.9. The third-order valence-electron chi connectivity index (χ3n) is 7.63. The summed E-state index contributed by atoms with van der Waals surface area (Å²) in [5.41, 5.74) is 3.82. The Balaban J connectivity index is 0.00000250. The van der Waals surface area contributed by atoms with E-state index in [2.05, 4.69) is 26.3 Å². The Morgan fingerprint density at radius 3 is 2.36 bits per heavy atom. The van der Waals surface area contributed by atoms with E-state index < -0.39 is 0 Å². The maximum atomic E-state index is 13.5. The van der Waals surface area contributed by atoms with Crippen LogP contribution >= 0.6 is 57.2 Å². The van der Waals surface area contributed by atoms with E-state index in [4.69, 9.17) is 33.2 Å². The Hall–Kier alpha value is -3.99. The van der Waals surface area contributed by atoms with Crippen molar-refractivity contribution in [3.05, 3.63) is 112 Å². The number of rotatable bonds is 7. The Labute approximate surface area is 302 Å². The van der Waals surface area contributed by atoms with Gasteiger partial charge in [-0.25, -0.2) is 4.98 Å². The first-order chi connectivity index (χ1) is 21.8. The number of halogens is 4. The molecule has 0 radical (unpaired) electrons. The highest BCUT2D eigenvalue weighted by Crippen LogP contribution is 2.28. The number of amides is 2. The van der Waals surface area contributed by atoms with Crippen molar-refractivity contribution in [2.24, 2.45) is 7.05 Å². The van der Waals surface area contributed by atoms with Gasteiger partial charge in [0.15, 0.2) is 0 Å². The number of benzene rings is 2. The quantitative estimate of drug-likeness (QED) is 0.184.